The summed E-state index contributed by atoms with van der Waals surface area (Å²) >= 11 is 0. The number of benzene rings is 1. The maximum atomic E-state index is 12.5. The molecule has 0 spiro atoms. The number of unbranched alkanes of at least 4 members (excludes halogenated alkanes) is 1. The molecule has 0 bridgehead atoms. The predicted octanol–water partition coefficient (Wildman–Crippen LogP) is 2.61. The second-order valence-electron chi connectivity index (χ2n) is 5.76. The van der Waals surface area contributed by atoms with Gasteiger partial charge in [-0.2, -0.15) is 5.10 Å². The zero-order valence-electron chi connectivity index (χ0n) is 14.2. The van der Waals surface area contributed by atoms with Gasteiger partial charge in [-0.15, -0.1) is 0 Å². The fourth-order valence-corrected chi connectivity index (χ4v) is 2.84. The molecule has 7 heteroatoms. The number of aromatic nitrogens is 2. The molecule has 1 aromatic carbocycles. The monoisotopic (exact) mass is 341 g/mol. The molecule has 2 amide bonds. The number of hydrogen-bond acceptors (Lipinski definition) is 5. The van der Waals surface area contributed by atoms with Crippen LogP contribution in [-0.4, -0.2) is 32.6 Å². The van der Waals surface area contributed by atoms with Gasteiger partial charge in [0.05, 0.1) is 23.0 Å². The molecule has 0 radical (unpaired) electrons. The second kappa shape index (κ2) is 6.88. The molecule has 0 saturated heterocycles. The lowest BCUT2D eigenvalue weighted by Crippen LogP contribution is -2.32. The van der Waals surface area contributed by atoms with Crippen LogP contribution in [0.25, 0.3) is 0 Å². The van der Waals surface area contributed by atoms with Gasteiger partial charge in [0.2, 0.25) is 0 Å². The first-order valence-corrected chi connectivity index (χ1v) is 8.33. The van der Waals surface area contributed by atoms with Crippen molar-refractivity contribution < 1.29 is 19.2 Å². The number of nitrogens with zero attached hydrogens (tertiary/aromatic N) is 3. The first-order valence-electron chi connectivity index (χ1n) is 8.33. The summed E-state index contributed by atoms with van der Waals surface area (Å²) in [6.45, 7) is 4.70. The third kappa shape index (κ3) is 2.93. The van der Waals surface area contributed by atoms with Gasteiger partial charge in [0.1, 0.15) is 5.56 Å². The van der Waals surface area contributed by atoms with Crippen LogP contribution in [-0.2, 0) is 17.8 Å². The van der Waals surface area contributed by atoms with Crippen molar-refractivity contribution in [2.45, 2.75) is 39.7 Å². The summed E-state index contributed by atoms with van der Waals surface area (Å²) in [6.07, 6.45) is 3.98. The molecule has 0 saturated carbocycles. The average molecular weight is 341 g/mol. The van der Waals surface area contributed by atoms with Gasteiger partial charge in [-0.25, -0.2) is 4.79 Å². The van der Waals surface area contributed by atoms with Gasteiger partial charge in [-0.1, -0.05) is 37.5 Å². The van der Waals surface area contributed by atoms with Crippen molar-refractivity contribution in [3.05, 3.63) is 52.8 Å². The largest absolute Gasteiger partial charge is 0.367 e. The summed E-state index contributed by atoms with van der Waals surface area (Å²) in [5.74, 6) is -2.02. The van der Waals surface area contributed by atoms with Gasteiger partial charge in [0.15, 0.2) is 0 Å². The minimum Gasteiger partial charge on any atom is -0.324 e. The number of amides is 2. The Balaban J connectivity index is 1.81. The van der Waals surface area contributed by atoms with Gasteiger partial charge < -0.3 is 4.84 Å². The van der Waals surface area contributed by atoms with E-state index in [0.29, 0.717) is 18.0 Å². The SMILES string of the molecule is CCCCn1ncc(C(=O)ON2C(=O)c3ccccc3C2=O)c1CC. The Bertz CT molecular complexity index is 806. The third-order valence-corrected chi connectivity index (χ3v) is 4.16. The molecule has 3 rings (SSSR count). The summed E-state index contributed by atoms with van der Waals surface area (Å²) < 4.78 is 1.77. The zero-order valence-corrected chi connectivity index (χ0v) is 14.2. The maximum Gasteiger partial charge on any atom is 0.367 e. The van der Waals surface area contributed by atoms with Crippen LogP contribution in [0.2, 0.25) is 0 Å². The highest BCUT2D eigenvalue weighted by atomic mass is 16.7. The fourth-order valence-electron chi connectivity index (χ4n) is 2.84. The molecule has 2 heterocycles. The lowest BCUT2D eigenvalue weighted by atomic mass is 10.1. The Morgan fingerprint density at radius 1 is 1.12 bits per heavy atom. The molecule has 1 aliphatic heterocycles. The van der Waals surface area contributed by atoms with Crippen molar-refractivity contribution in [1.29, 1.82) is 0 Å². The van der Waals surface area contributed by atoms with Crippen LogP contribution in [0.5, 0.6) is 0 Å². The number of carbonyl (C=O) groups is 3. The van der Waals surface area contributed by atoms with E-state index in [2.05, 4.69) is 12.0 Å². The van der Waals surface area contributed by atoms with Crippen LogP contribution >= 0.6 is 0 Å². The lowest BCUT2D eigenvalue weighted by molar-refractivity contribution is -0.0585. The second-order valence-corrected chi connectivity index (χ2v) is 5.76. The van der Waals surface area contributed by atoms with Crippen molar-refractivity contribution in [2.24, 2.45) is 0 Å². The van der Waals surface area contributed by atoms with Gasteiger partial charge in [-0.05, 0) is 25.0 Å². The number of aryl methyl sites for hydroxylation is 1. The zero-order chi connectivity index (χ0) is 18.0. The van der Waals surface area contributed by atoms with Crippen molar-refractivity contribution in [3.8, 4) is 0 Å². The number of carbonyl (C=O) groups excluding carboxylic acids is 3. The molecule has 2 aromatic rings. The van der Waals surface area contributed by atoms with Crippen molar-refractivity contribution in [1.82, 2.24) is 14.8 Å². The van der Waals surface area contributed by atoms with Crippen LogP contribution in [0.1, 0.15) is 63.5 Å². The molecule has 1 aliphatic rings. The molecule has 25 heavy (non-hydrogen) atoms. The molecule has 1 aromatic heterocycles. The Hall–Kier alpha value is -2.96. The Morgan fingerprint density at radius 2 is 1.76 bits per heavy atom. The quantitative estimate of drug-likeness (QED) is 0.754. The van der Waals surface area contributed by atoms with Crippen molar-refractivity contribution in [3.63, 3.8) is 0 Å². The third-order valence-electron chi connectivity index (χ3n) is 4.16. The van der Waals surface area contributed by atoms with E-state index in [9.17, 15) is 14.4 Å². The summed E-state index contributed by atoms with van der Waals surface area (Å²) in [4.78, 5) is 42.2. The standard InChI is InChI=1S/C18H19N3O4/c1-3-5-10-20-15(4-2)14(11-19-20)18(24)25-21-16(22)12-8-6-7-9-13(12)17(21)23/h6-9,11H,3-5,10H2,1-2H3. The van der Waals surface area contributed by atoms with E-state index in [1.807, 2.05) is 6.92 Å². The van der Waals surface area contributed by atoms with Gasteiger partial charge in [0.25, 0.3) is 11.8 Å². The summed E-state index contributed by atoms with van der Waals surface area (Å²) in [5.41, 5.74) is 1.47. The van der Waals surface area contributed by atoms with Crippen molar-refractivity contribution >= 4 is 17.8 Å². The highest BCUT2D eigenvalue weighted by Crippen LogP contribution is 2.24. The van der Waals surface area contributed by atoms with E-state index in [-0.39, 0.29) is 16.7 Å². The lowest BCUT2D eigenvalue weighted by Gasteiger charge is -2.13. The summed E-state index contributed by atoms with van der Waals surface area (Å²) in [5, 5.41) is 4.75. The number of hydrogen-bond donors (Lipinski definition) is 0. The number of imide groups is 1. The maximum absolute atomic E-state index is 12.5. The van der Waals surface area contributed by atoms with Crippen LogP contribution in [0.4, 0.5) is 0 Å². The summed E-state index contributed by atoms with van der Waals surface area (Å²) in [6, 6.07) is 6.37. The van der Waals surface area contributed by atoms with E-state index in [0.717, 1.165) is 18.5 Å². The Labute approximate surface area is 145 Å². The van der Waals surface area contributed by atoms with Crippen molar-refractivity contribution in [2.75, 3.05) is 0 Å². The molecule has 7 nitrogen and oxygen atoms in total. The normalized spacial score (nSPS) is 13.3. The minimum absolute atomic E-state index is 0.231. The molecule has 0 unspecified atom stereocenters. The highest BCUT2D eigenvalue weighted by molar-refractivity contribution is 6.21. The van der Waals surface area contributed by atoms with Crippen LogP contribution < -0.4 is 0 Å². The molecular weight excluding hydrogens is 322 g/mol. The average Bonchev–Trinajstić information content (AvgIpc) is 3.15. The van der Waals surface area contributed by atoms with E-state index in [1.165, 1.54) is 18.3 Å². The summed E-state index contributed by atoms with van der Waals surface area (Å²) in [7, 11) is 0. The smallest absolute Gasteiger partial charge is 0.324 e. The Morgan fingerprint density at radius 3 is 2.32 bits per heavy atom. The topological polar surface area (TPSA) is 81.5 Å². The van der Waals surface area contributed by atoms with E-state index in [4.69, 9.17) is 4.84 Å². The predicted molar refractivity (Wildman–Crippen MR) is 88.9 cm³/mol. The number of fused-ring (bicyclic) bond motifs is 1. The first-order chi connectivity index (χ1) is 12.1. The molecule has 0 atom stereocenters. The van der Waals surface area contributed by atoms with E-state index >= 15 is 0 Å². The van der Waals surface area contributed by atoms with Crippen LogP contribution in [0.15, 0.2) is 30.5 Å². The van der Waals surface area contributed by atoms with E-state index in [1.54, 1.807) is 16.8 Å². The molecular formula is C18H19N3O4. The molecule has 0 fully saturated rings. The van der Waals surface area contributed by atoms with Gasteiger partial charge in [-0.3, -0.25) is 14.3 Å². The molecule has 130 valence electrons. The fraction of sp³-hybridized carbons (Fsp3) is 0.333. The molecule has 0 aliphatic carbocycles. The minimum atomic E-state index is -0.755. The Kier molecular flexibility index (Phi) is 4.65. The van der Waals surface area contributed by atoms with Crippen LogP contribution in [0.3, 0.4) is 0 Å². The number of rotatable bonds is 6. The van der Waals surface area contributed by atoms with Gasteiger partial charge >= 0.3 is 5.97 Å². The van der Waals surface area contributed by atoms with Gasteiger partial charge in [0, 0.05) is 6.54 Å². The first kappa shape index (κ1) is 16.9. The van der Waals surface area contributed by atoms with E-state index < -0.39 is 17.8 Å². The highest BCUT2D eigenvalue weighted by Gasteiger charge is 2.39. The van der Waals surface area contributed by atoms with Crippen LogP contribution in [0, 0.1) is 0 Å². The molecule has 0 N–H and O–H groups in total. The number of hydroxylamine groups is 2.